The molecule has 2 N–H and O–H groups in total. The maximum atomic E-state index is 12.2. The standard InChI is InChI=1S/C12H16N4O2S/c1-9-12(8-16(3)14-9)15-19(17,18)11-6-4-10(13-2)5-7-11/h4-8,13,15H,1-3H3. The highest BCUT2D eigenvalue weighted by atomic mass is 32.2. The molecule has 0 fully saturated rings. The summed E-state index contributed by atoms with van der Waals surface area (Å²) in [6.45, 7) is 1.75. The van der Waals surface area contributed by atoms with Crippen LogP contribution in [-0.2, 0) is 17.1 Å². The van der Waals surface area contributed by atoms with Crippen molar-refractivity contribution in [2.24, 2.45) is 7.05 Å². The zero-order valence-electron chi connectivity index (χ0n) is 11.0. The Hall–Kier alpha value is -2.02. The number of sulfonamides is 1. The molecule has 6 nitrogen and oxygen atoms in total. The van der Waals surface area contributed by atoms with E-state index in [2.05, 4.69) is 15.1 Å². The minimum Gasteiger partial charge on any atom is -0.388 e. The number of benzene rings is 1. The summed E-state index contributed by atoms with van der Waals surface area (Å²) in [7, 11) is -0.0575. The van der Waals surface area contributed by atoms with Crippen LogP contribution in [0.1, 0.15) is 5.69 Å². The van der Waals surface area contributed by atoms with E-state index in [0.29, 0.717) is 11.4 Å². The van der Waals surface area contributed by atoms with Crippen molar-refractivity contribution in [1.82, 2.24) is 9.78 Å². The van der Waals surface area contributed by atoms with Crippen LogP contribution >= 0.6 is 0 Å². The monoisotopic (exact) mass is 280 g/mol. The molecule has 0 aliphatic carbocycles. The molecule has 0 amide bonds. The summed E-state index contributed by atoms with van der Waals surface area (Å²) in [6.07, 6.45) is 1.63. The molecule has 102 valence electrons. The van der Waals surface area contributed by atoms with Gasteiger partial charge >= 0.3 is 0 Å². The van der Waals surface area contributed by atoms with Gasteiger partial charge in [0.2, 0.25) is 0 Å². The number of hydrogen-bond donors (Lipinski definition) is 2. The van der Waals surface area contributed by atoms with Gasteiger partial charge in [-0.25, -0.2) is 8.42 Å². The van der Waals surface area contributed by atoms with Gasteiger partial charge in [-0.15, -0.1) is 0 Å². The fraction of sp³-hybridized carbons (Fsp3) is 0.250. The Morgan fingerprint density at radius 1 is 1.21 bits per heavy atom. The van der Waals surface area contributed by atoms with Crippen molar-refractivity contribution >= 4 is 21.4 Å². The molecule has 1 aromatic heterocycles. The Balaban J connectivity index is 2.29. The minimum absolute atomic E-state index is 0.217. The van der Waals surface area contributed by atoms with E-state index in [1.807, 2.05) is 0 Å². The van der Waals surface area contributed by atoms with Crippen molar-refractivity contribution in [3.8, 4) is 0 Å². The second-order valence-electron chi connectivity index (χ2n) is 4.18. The molecule has 2 aromatic rings. The molecule has 19 heavy (non-hydrogen) atoms. The van der Waals surface area contributed by atoms with Crippen LogP contribution in [0.4, 0.5) is 11.4 Å². The molecule has 0 radical (unpaired) electrons. The van der Waals surface area contributed by atoms with Crippen LogP contribution in [0.5, 0.6) is 0 Å². The van der Waals surface area contributed by atoms with Crippen LogP contribution in [0.15, 0.2) is 35.4 Å². The molecule has 0 saturated carbocycles. The van der Waals surface area contributed by atoms with Crippen LogP contribution < -0.4 is 10.0 Å². The maximum Gasteiger partial charge on any atom is 0.262 e. The Kier molecular flexibility index (Phi) is 3.48. The van der Waals surface area contributed by atoms with E-state index in [1.54, 1.807) is 56.2 Å². The Bertz CT molecular complexity index is 674. The average Bonchev–Trinajstić information content (AvgIpc) is 2.67. The van der Waals surface area contributed by atoms with Crippen molar-refractivity contribution in [1.29, 1.82) is 0 Å². The third-order valence-corrected chi connectivity index (χ3v) is 4.09. The fourth-order valence-electron chi connectivity index (χ4n) is 1.70. The zero-order valence-corrected chi connectivity index (χ0v) is 11.8. The average molecular weight is 280 g/mol. The molecule has 0 aliphatic heterocycles. The second-order valence-corrected chi connectivity index (χ2v) is 5.86. The Labute approximate surface area is 112 Å². The van der Waals surface area contributed by atoms with E-state index in [9.17, 15) is 8.42 Å². The van der Waals surface area contributed by atoms with Gasteiger partial charge in [-0.1, -0.05) is 0 Å². The summed E-state index contributed by atoms with van der Waals surface area (Å²) in [5.74, 6) is 0. The zero-order chi connectivity index (χ0) is 14.0. The van der Waals surface area contributed by atoms with Crippen LogP contribution in [0.25, 0.3) is 0 Å². The number of anilines is 2. The summed E-state index contributed by atoms with van der Waals surface area (Å²) in [5, 5.41) is 7.04. The summed E-state index contributed by atoms with van der Waals surface area (Å²) in [4.78, 5) is 0.217. The minimum atomic E-state index is -3.58. The largest absolute Gasteiger partial charge is 0.388 e. The Morgan fingerprint density at radius 2 is 1.84 bits per heavy atom. The number of nitrogens with zero attached hydrogens (tertiary/aromatic N) is 2. The molecule has 1 aromatic carbocycles. The van der Waals surface area contributed by atoms with Crippen molar-refractivity contribution < 1.29 is 8.42 Å². The van der Waals surface area contributed by atoms with E-state index in [1.165, 1.54) is 0 Å². The number of nitrogens with one attached hydrogen (secondary N) is 2. The Morgan fingerprint density at radius 3 is 2.32 bits per heavy atom. The van der Waals surface area contributed by atoms with Gasteiger partial charge in [-0.3, -0.25) is 9.40 Å². The molecular formula is C12H16N4O2S. The summed E-state index contributed by atoms with van der Waals surface area (Å²) in [6, 6.07) is 6.54. The van der Waals surface area contributed by atoms with Gasteiger partial charge in [-0.2, -0.15) is 5.10 Å². The number of rotatable bonds is 4. The molecule has 0 bridgehead atoms. The van der Waals surface area contributed by atoms with Crippen molar-refractivity contribution in [3.63, 3.8) is 0 Å². The molecule has 2 rings (SSSR count). The third-order valence-electron chi connectivity index (χ3n) is 2.71. The SMILES string of the molecule is CNc1ccc(S(=O)(=O)Nc2cn(C)nc2C)cc1. The van der Waals surface area contributed by atoms with E-state index in [0.717, 1.165) is 5.69 Å². The number of aryl methyl sites for hydroxylation is 2. The first-order valence-electron chi connectivity index (χ1n) is 5.73. The molecule has 1 heterocycles. The quantitative estimate of drug-likeness (QED) is 0.891. The fourth-order valence-corrected chi connectivity index (χ4v) is 2.81. The lowest BCUT2D eigenvalue weighted by Gasteiger charge is -2.07. The van der Waals surface area contributed by atoms with Crippen molar-refractivity contribution in [2.45, 2.75) is 11.8 Å². The predicted molar refractivity (Wildman–Crippen MR) is 74.7 cm³/mol. The third kappa shape index (κ3) is 2.87. The van der Waals surface area contributed by atoms with Crippen LogP contribution in [0.2, 0.25) is 0 Å². The normalized spacial score (nSPS) is 11.3. The molecule has 0 unspecified atom stereocenters. The van der Waals surface area contributed by atoms with Crippen molar-refractivity contribution in [3.05, 3.63) is 36.2 Å². The van der Waals surface area contributed by atoms with E-state index in [-0.39, 0.29) is 4.90 Å². The summed E-state index contributed by atoms with van der Waals surface area (Å²) < 4.78 is 28.5. The van der Waals surface area contributed by atoms with E-state index >= 15 is 0 Å². The van der Waals surface area contributed by atoms with Crippen molar-refractivity contribution in [2.75, 3.05) is 17.1 Å². The highest BCUT2D eigenvalue weighted by Gasteiger charge is 2.16. The lowest BCUT2D eigenvalue weighted by molar-refractivity contribution is 0.601. The van der Waals surface area contributed by atoms with E-state index < -0.39 is 10.0 Å². The summed E-state index contributed by atoms with van der Waals surface area (Å²) >= 11 is 0. The smallest absolute Gasteiger partial charge is 0.262 e. The van der Waals surface area contributed by atoms with Gasteiger partial charge in [0.15, 0.2) is 0 Å². The van der Waals surface area contributed by atoms with Gasteiger partial charge in [0.25, 0.3) is 10.0 Å². The summed E-state index contributed by atoms with van der Waals surface area (Å²) in [5.41, 5.74) is 1.98. The first-order valence-corrected chi connectivity index (χ1v) is 7.21. The molecule has 0 spiro atoms. The highest BCUT2D eigenvalue weighted by Crippen LogP contribution is 2.19. The van der Waals surface area contributed by atoms with Gasteiger partial charge < -0.3 is 5.32 Å². The van der Waals surface area contributed by atoms with Gasteiger partial charge in [0, 0.05) is 26.0 Å². The van der Waals surface area contributed by atoms with Crippen LogP contribution in [0.3, 0.4) is 0 Å². The second kappa shape index (κ2) is 4.93. The highest BCUT2D eigenvalue weighted by molar-refractivity contribution is 7.92. The van der Waals surface area contributed by atoms with E-state index in [4.69, 9.17) is 0 Å². The van der Waals surface area contributed by atoms with Crippen LogP contribution in [-0.4, -0.2) is 25.2 Å². The van der Waals surface area contributed by atoms with Crippen LogP contribution in [0, 0.1) is 6.92 Å². The van der Waals surface area contributed by atoms with Gasteiger partial charge in [-0.05, 0) is 31.2 Å². The first-order chi connectivity index (χ1) is 8.92. The van der Waals surface area contributed by atoms with Gasteiger partial charge in [0.1, 0.15) is 0 Å². The molecule has 0 aliphatic rings. The number of aromatic nitrogens is 2. The molecular weight excluding hydrogens is 264 g/mol. The van der Waals surface area contributed by atoms with Gasteiger partial charge in [0.05, 0.1) is 16.3 Å². The molecule has 0 saturated heterocycles. The number of hydrogen-bond acceptors (Lipinski definition) is 4. The first kappa shape index (κ1) is 13.4. The lowest BCUT2D eigenvalue weighted by atomic mass is 10.3. The molecule has 0 atom stereocenters. The molecule has 7 heteroatoms. The maximum absolute atomic E-state index is 12.2. The topological polar surface area (TPSA) is 76.0 Å². The lowest BCUT2D eigenvalue weighted by Crippen LogP contribution is -2.13. The predicted octanol–water partition coefficient (Wildman–Crippen LogP) is 1.57.